The topological polar surface area (TPSA) is 78.4 Å². The van der Waals surface area contributed by atoms with Crippen molar-refractivity contribution in [1.29, 1.82) is 0 Å². The highest BCUT2D eigenvalue weighted by Gasteiger charge is 2.21. The minimum atomic E-state index is -1.13. The van der Waals surface area contributed by atoms with Gasteiger partial charge in [0.1, 0.15) is 5.82 Å². The second kappa shape index (κ2) is 7.17. The highest BCUT2D eigenvalue weighted by atomic mass is 19.1. The molecule has 0 aliphatic rings. The Kier molecular flexibility index (Phi) is 5.84. The Morgan fingerprint density at radius 1 is 1.24 bits per heavy atom. The highest BCUT2D eigenvalue weighted by Crippen LogP contribution is 2.15. The number of benzene rings is 1. The van der Waals surface area contributed by atoms with E-state index in [0.717, 1.165) is 0 Å². The van der Waals surface area contributed by atoms with Crippen LogP contribution < -0.4 is 10.6 Å². The Morgan fingerprint density at radius 3 is 2.43 bits per heavy atom. The number of carbonyl (C=O) groups excluding carboxylic acids is 2. The minimum Gasteiger partial charge on any atom is -0.386 e. The quantitative estimate of drug-likeness (QED) is 0.762. The van der Waals surface area contributed by atoms with Crippen LogP contribution in [0.4, 0.5) is 4.39 Å². The van der Waals surface area contributed by atoms with Crippen LogP contribution in [0.15, 0.2) is 24.3 Å². The summed E-state index contributed by atoms with van der Waals surface area (Å²) in [5.41, 5.74) is -0.455. The molecule has 116 valence electrons. The van der Waals surface area contributed by atoms with Gasteiger partial charge in [-0.1, -0.05) is 39.0 Å². The third kappa shape index (κ3) is 5.51. The molecule has 0 heterocycles. The molecule has 0 aliphatic carbocycles. The first-order valence-corrected chi connectivity index (χ1v) is 6.69. The number of amides is 2. The van der Waals surface area contributed by atoms with E-state index in [0.29, 0.717) is 0 Å². The fourth-order valence-corrected chi connectivity index (χ4v) is 1.55. The van der Waals surface area contributed by atoms with Gasteiger partial charge in [0.15, 0.2) is 0 Å². The molecule has 1 rings (SSSR count). The normalized spacial score (nSPS) is 12.6. The summed E-state index contributed by atoms with van der Waals surface area (Å²) < 4.78 is 13.4. The van der Waals surface area contributed by atoms with Crippen molar-refractivity contribution in [1.82, 2.24) is 10.6 Å². The standard InChI is InChI=1S/C15H21FN2O3/c1-15(2,3)14(21)18-9-13(20)17-8-12(19)10-6-4-5-7-11(10)16/h4-7,12,19H,8-9H2,1-3H3,(H,17,20)(H,18,21). The van der Waals surface area contributed by atoms with Crippen LogP contribution in [-0.4, -0.2) is 30.0 Å². The predicted octanol–water partition coefficient (Wildman–Crippen LogP) is 1.14. The Hall–Kier alpha value is -1.95. The number of rotatable bonds is 5. The molecule has 0 radical (unpaired) electrons. The van der Waals surface area contributed by atoms with Gasteiger partial charge in [-0.3, -0.25) is 9.59 Å². The lowest BCUT2D eigenvalue weighted by Gasteiger charge is -2.18. The SMILES string of the molecule is CC(C)(C)C(=O)NCC(=O)NCC(O)c1ccccc1F. The zero-order valence-corrected chi connectivity index (χ0v) is 12.4. The molecule has 1 unspecified atom stereocenters. The van der Waals surface area contributed by atoms with Crippen molar-refractivity contribution in [2.24, 2.45) is 5.41 Å². The van der Waals surface area contributed by atoms with Crippen molar-refractivity contribution in [3.05, 3.63) is 35.6 Å². The predicted molar refractivity (Wildman–Crippen MR) is 76.8 cm³/mol. The average molecular weight is 296 g/mol. The Bertz CT molecular complexity index is 512. The molecule has 1 aromatic carbocycles. The summed E-state index contributed by atoms with van der Waals surface area (Å²) >= 11 is 0. The van der Waals surface area contributed by atoms with Crippen molar-refractivity contribution < 1.29 is 19.1 Å². The number of hydrogen-bond acceptors (Lipinski definition) is 3. The van der Waals surface area contributed by atoms with E-state index in [1.54, 1.807) is 26.8 Å². The molecule has 2 amide bonds. The number of nitrogens with one attached hydrogen (secondary N) is 2. The van der Waals surface area contributed by atoms with Gasteiger partial charge in [-0.05, 0) is 6.07 Å². The summed E-state index contributed by atoms with van der Waals surface area (Å²) in [6.07, 6.45) is -1.13. The lowest BCUT2D eigenvalue weighted by Crippen LogP contribution is -2.42. The maximum Gasteiger partial charge on any atom is 0.239 e. The summed E-state index contributed by atoms with van der Waals surface area (Å²) in [7, 11) is 0. The highest BCUT2D eigenvalue weighted by molar-refractivity contribution is 5.87. The first kappa shape index (κ1) is 17.1. The molecule has 6 heteroatoms. The summed E-state index contributed by atoms with van der Waals surface area (Å²) in [6, 6.07) is 5.82. The van der Waals surface area contributed by atoms with E-state index in [9.17, 15) is 19.1 Å². The third-order valence-electron chi connectivity index (χ3n) is 2.85. The van der Waals surface area contributed by atoms with E-state index in [-0.39, 0.29) is 24.6 Å². The Morgan fingerprint density at radius 2 is 1.86 bits per heavy atom. The smallest absolute Gasteiger partial charge is 0.239 e. The zero-order chi connectivity index (χ0) is 16.0. The van der Waals surface area contributed by atoms with Crippen molar-refractivity contribution in [2.45, 2.75) is 26.9 Å². The van der Waals surface area contributed by atoms with Crippen LogP contribution in [0, 0.1) is 11.2 Å². The molecule has 0 fully saturated rings. The van der Waals surface area contributed by atoms with Crippen LogP contribution in [0.5, 0.6) is 0 Å². The van der Waals surface area contributed by atoms with Crippen molar-refractivity contribution >= 4 is 11.8 Å². The van der Waals surface area contributed by atoms with E-state index in [2.05, 4.69) is 10.6 Å². The van der Waals surface area contributed by atoms with Gasteiger partial charge in [0.2, 0.25) is 11.8 Å². The van der Waals surface area contributed by atoms with Gasteiger partial charge in [-0.15, -0.1) is 0 Å². The van der Waals surface area contributed by atoms with Crippen molar-refractivity contribution in [3.63, 3.8) is 0 Å². The first-order valence-electron chi connectivity index (χ1n) is 6.69. The van der Waals surface area contributed by atoms with Crippen LogP contribution in [0.1, 0.15) is 32.4 Å². The average Bonchev–Trinajstić information content (AvgIpc) is 2.41. The second-order valence-corrected chi connectivity index (χ2v) is 5.77. The molecular formula is C15H21FN2O3. The molecule has 1 aromatic rings. The van der Waals surface area contributed by atoms with E-state index >= 15 is 0 Å². The molecule has 0 bridgehead atoms. The largest absolute Gasteiger partial charge is 0.386 e. The summed E-state index contributed by atoms with van der Waals surface area (Å²) in [4.78, 5) is 23.1. The van der Waals surface area contributed by atoms with Gasteiger partial charge in [-0.2, -0.15) is 0 Å². The molecule has 0 saturated heterocycles. The van der Waals surface area contributed by atoms with Crippen LogP contribution >= 0.6 is 0 Å². The number of carbonyl (C=O) groups is 2. The van der Waals surface area contributed by atoms with Gasteiger partial charge in [0.05, 0.1) is 12.6 Å². The summed E-state index contributed by atoms with van der Waals surface area (Å²) in [5, 5.41) is 14.8. The Balaban J connectivity index is 2.40. The van der Waals surface area contributed by atoms with Gasteiger partial charge in [0, 0.05) is 17.5 Å². The summed E-state index contributed by atoms with van der Waals surface area (Å²) in [6.45, 7) is 4.91. The molecule has 0 aromatic heterocycles. The molecular weight excluding hydrogens is 275 g/mol. The molecule has 0 saturated carbocycles. The molecule has 21 heavy (non-hydrogen) atoms. The lowest BCUT2D eigenvalue weighted by molar-refractivity contribution is -0.131. The lowest BCUT2D eigenvalue weighted by atomic mass is 9.96. The number of aliphatic hydroxyl groups excluding tert-OH is 1. The van der Waals surface area contributed by atoms with Gasteiger partial charge in [0.25, 0.3) is 0 Å². The van der Waals surface area contributed by atoms with E-state index in [1.165, 1.54) is 18.2 Å². The van der Waals surface area contributed by atoms with Crippen LogP contribution in [-0.2, 0) is 9.59 Å². The monoisotopic (exact) mass is 296 g/mol. The number of halogens is 1. The summed E-state index contributed by atoms with van der Waals surface area (Å²) in [5.74, 6) is -1.21. The van der Waals surface area contributed by atoms with Gasteiger partial charge < -0.3 is 15.7 Å². The fraction of sp³-hybridized carbons (Fsp3) is 0.467. The third-order valence-corrected chi connectivity index (χ3v) is 2.85. The van der Waals surface area contributed by atoms with Crippen LogP contribution in [0.3, 0.4) is 0 Å². The number of hydrogen-bond donors (Lipinski definition) is 3. The minimum absolute atomic E-state index is 0.120. The van der Waals surface area contributed by atoms with Crippen molar-refractivity contribution in [3.8, 4) is 0 Å². The van der Waals surface area contributed by atoms with Crippen LogP contribution in [0.2, 0.25) is 0 Å². The molecule has 1 atom stereocenters. The molecule has 0 spiro atoms. The fourth-order valence-electron chi connectivity index (χ4n) is 1.55. The maximum atomic E-state index is 13.4. The maximum absolute atomic E-state index is 13.4. The van der Waals surface area contributed by atoms with Gasteiger partial charge >= 0.3 is 0 Å². The first-order chi connectivity index (χ1) is 9.71. The van der Waals surface area contributed by atoms with E-state index in [4.69, 9.17) is 0 Å². The van der Waals surface area contributed by atoms with Gasteiger partial charge in [-0.25, -0.2) is 4.39 Å². The zero-order valence-electron chi connectivity index (χ0n) is 12.4. The van der Waals surface area contributed by atoms with E-state index in [1.807, 2.05) is 0 Å². The molecule has 5 nitrogen and oxygen atoms in total. The Labute approximate surface area is 123 Å². The molecule has 0 aliphatic heterocycles. The van der Waals surface area contributed by atoms with Crippen molar-refractivity contribution in [2.75, 3.05) is 13.1 Å². The number of aliphatic hydroxyl groups is 1. The van der Waals surface area contributed by atoms with E-state index < -0.39 is 23.2 Å². The second-order valence-electron chi connectivity index (χ2n) is 5.77. The molecule has 3 N–H and O–H groups in total. The van der Waals surface area contributed by atoms with Crippen LogP contribution in [0.25, 0.3) is 0 Å².